The van der Waals surface area contributed by atoms with E-state index in [4.69, 9.17) is 15.5 Å². The van der Waals surface area contributed by atoms with Gasteiger partial charge < -0.3 is 20.7 Å². The van der Waals surface area contributed by atoms with Gasteiger partial charge in [-0.15, -0.1) is 0 Å². The molecule has 0 radical (unpaired) electrons. The molecule has 1 fully saturated rings. The molecule has 3 aromatic rings. The van der Waals surface area contributed by atoms with Gasteiger partial charge in [0, 0.05) is 44.2 Å². The minimum absolute atomic E-state index is 0.0994. The predicted molar refractivity (Wildman–Crippen MR) is 138 cm³/mol. The number of pyridine rings is 1. The standard InChI is InChI=1S/C26H31FN8O2/c1-16(32-24-20(13-28)23(29)30-15-31-24)19-11-17-5-6-18(27)12-21(17)33-22(19)14-34-7-9-35(10-8-34)25(36)37-26(2,3)4/h5-6,11-12,15-16H,7-10,14H2,1-4H3,(H3,29,30,31,32)/t16-/m0/s1. The number of fused-ring (bicyclic) bond motifs is 1. The topological polar surface area (TPSA) is 133 Å². The number of benzene rings is 1. The highest BCUT2D eigenvalue weighted by Gasteiger charge is 2.27. The summed E-state index contributed by atoms with van der Waals surface area (Å²) < 4.78 is 19.5. The summed E-state index contributed by atoms with van der Waals surface area (Å²) in [5, 5.41) is 13.6. The molecule has 1 amide bonds. The Labute approximate surface area is 215 Å². The molecule has 37 heavy (non-hydrogen) atoms. The van der Waals surface area contributed by atoms with E-state index in [1.807, 2.05) is 39.8 Å². The van der Waals surface area contributed by atoms with Crippen LogP contribution < -0.4 is 11.1 Å². The third-order valence-electron chi connectivity index (χ3n) is 6.10. The van der Waals surface area contributed by atoms with Crippen molar-refractivity contribution in [2.45, 2.75) is 45.9 Å². The highest BCUT2D eigenvalue weighted by Crippen LogP contribution is 2.28. The van der Waals surface area contributed by atoms with Gasteiger partial charge in [-0.3, -0.25) is 9.88 Å². The molecular formula is C26H31FN8O2. The SMILES string of the molecule is C[C@H](Nc1ncnc(N)c1C#N)c1cc2ccc(F)cc2nc1CN1CCN(C(=O)OC(C)(C)C)CC1. The lowest BCUT2D eigenvalue weighted by Gasteiger charge is -2.35. The van der Waals surface area contributed by atoms with Gasteiger partial charge in [-0.25, -0.2) is 19.2 Å². The second-order valence-corrected chi connectivity index (χ2v) is 10.1. The number of carbonyl (C=O) groups excluding carboxylic acids is 1. The molecule has 3 heterocycles. The smallest absolute Gasteiger partial charge is 0.410 e. The molecule has 0 spiro atoms. The first-order valence-electron chi connectivity index (χ1n) is 12.1. The van der Waals surface area contributed by atoms with Crippen molar-refractivity contribution in [2.24, 2.45) is 0 Å². The lowest BCUT2D eigenvalue weighted by molar-refractivity contribution is 0.0138. The Bertz CT molecular complexity index is 1340. The number of nitrogens with two attached hydrogens (primary N) is 1. The van der Waals surface area contributed by atoms with Gasteiger partial charge in [0.05, 0.1) is 17.3 Å². The number of nitrogens with one attached hydrogen (secondary N) is 1. The third-order valence-corrected chi connectivity index (χ3v) is 6.10. The van der Waals surface area contributed by atoms with Gasteiger partial charge in [0.15, 0.2) is 0 Å². The fraction of sp³-hybridized carbons (Fsp3) is 0.423. The van der Waals surface area contributed by atoms with E-state index >= 15 is 0 Å². The Morgan fingerprint density at radius 3 is 2.65 bits per heavy atom. The first kappa shape index (κ1) is 26.0. The van der Waals surface area contributed by atoms with Crippen LogP contribution in [-0.4, -0.2) is 62.6 Å². The minimum Gasteiger partial charge on any atom is -0.444 e. The van der Waals surface area contributed by atoms with Crippen LogP contribution in [0.2, 0.25) is 0 Å². The van der Waals surface area contributed by atoms with Crippen LogP contribution >= 0.6 is 0 Å². The van der Waals surface area contributed by atoms with E-state index in [1.165, 1.54) is 18.5 Å². The molecule has 0 bridgehead atoms. The average Bonchev–Trinajstić information content (AvgIpc) is 2.83. The molecule has 10 nitrogen and oxygen atoms in total. The largest absolute Gasteiger partial charge is 0.444 e. The number of ether oxygens (including phenoxy) is 1. The van der Waals surface area contributed by atoms with E-state index in [9.17, 15) is 14.4 Å². The second-order valence-electron chi connectivity index (χ2n) is 10.1. The fourth-order valence-electron chi connectivity index (χ4n) is 4.23. The Hall–Kier alpha value is -4.04. The first-order chi connectivity index (χ1) is 17.5. The summed E-state index contributed by atoms with van der Waals surface area (Å²) in [7, 11) is 0. The summed E-state index contributed by atoms with van der Waals surface area (Å²) in [4.78, 5) is 29.2. The van der Waals surface area contributed by atoms with Crippen molar-refractivity contribution in [2.75, 3.05) is 37.2 Å². The number of carbonyl (C=O) groups is 1. The number of rotatable bonds is 5. The molecule has 11 heteroatoms. The van der Waals surface area contributed by atoms with Crippen LogP contribution in [0.5, 0.6) is 0 Å². The Kier molecular flexibility index (Phi) is 7.40. The first-order valence-corrected chi connectivity index (χ1v) is 12.1. The van der Waals surface area contributed by atoms with Gasteiger partial charge in [-0.1, -0.05) is 0 Å². The minimum atomic E-state index is -0.545. The number of aromatic nitrogens is 3. The van der Waals surface area contributed by atoms with Gasteiger partial charge >= 0.3 is 6.09 Å². The Morgan fingerprint density at radius 2 is 1.97 bits per heavy atom. The maximum Gasteiger partial charge on any atom is 0.410 e. The van der Waals surface area contributed by atoms with Crippen molar-refractivity contribution < 1.29 is 13.9 Å². The summed E-state index contributed by atoms with van der Waals surface area (Å²) in [5.41, 5.74) is 7.69. The number of piperazine rings is 1. The zero-order valence-electron chi connectivity index (χ0n) is 21.5. The van der Waals surface area contributed by atoms with Crippen molar-refractivity contribution in [1.82, 2.24) is 24.8 Å². The summed E-state index contributed by atoms with van der Waals surface area (Å²) in [6, 6.07) is 8.24. The van der Waals surface area contributed by atoms with E-state index in [2.05, 4.69) is 20.2 Å². The second kappa shape index (κ2) is 10.5. The molecule has 194 valence electrons. The number of nitriles is 1. The highest BCUT2D eigenvalue weighted by molar-refractivity contribution is 5.80. The van der Waals surface area contributed by atoms with Crippen LogP contribution in [0.1, 0.15) is 50.6 Å². The monoisotopic (exact) mass is 506 g/mol. The van der Waals surface area contributed by atoms with Gasteiger partial charge in [0.25, 0.3) is 0 Å². The van der Waals surface area contributed by atoms with Gasteiger partial charge in [0.2, 0.25) is 0 Å². The average molecular weight is 507 g/mol. The molecule has 1 aliphatic rings. The van der Waals surface area contributed by atoms with Gasteiger partial charge in [-0.2, -0.15) is 5.26 Å². The maximum absolute atomic E-state index is 14.0. The van der Waals surface area contributed by atoms with Crippen LogP contribution in [0.3, 0.4) is 0 Å². The van der Waals surface area contributed by atoms with Crippen molar-refractivity contribution in [1.29, 1.82) is 5.26 Å². The summed E-state index contributed by atoms with van der Waals surface area (Å²) >= 11 is 0. The molecule has 1 saturated heterocycles. The van der Waals surface area contributed by atoms with Gasteiger partial charge in [-0.05, 0) is 51.5 Å². The number of halogens is 1. The van der Waals surface area contributed by atoms with E-state index in [-0.39, 0.29) is 29.3 Å². The van der Waals surface area contributed by atoms with Crippen molar-refractivity contribution >= 4 is 28.6 Å². The lowest BCUT2D eigenvalue weighted by atomic mass is 10.0. The molecule has 1 aliphatic heterocycles. The summed E-state index contributed by atoms with van der Waals surface area (Å²) in [6.45, 7) is 10.3. The predicted octanol–water partition coefficient (Wildman–Crippen LogP) is 3.84. The molecule has 0 saturated carbocycles. The van der Waals surface area contributed by atoms with Crippen LogP contribution in [-0.2, 0) is 11.3 Å². The molecule has 0 unspecified atom stereocenters. The lowest BCUT2D eigenvalue weighted by Crippen LogP contribution is -2.49. The molecule has 3 N–H and O–H groups in total. The summed E-state index contributed by atoms with van der Waals surface area (Å²) in [5.74, 6) is 0.0759. The number of nitrogen functional groups attached to an aromatic ring is 1. The number of amides is 1. The number of hydrogen-bond donors (Lipinski definition) is 2. The normalized spacial score (nSPS) is 15.3. The number of hydrogen-bond acceptors (Lipinski definition) is 9. The molecule has 2 aromatic heterocycles. The Balaban J connectivity index is 1.57. The zero-order valence-corrected chi connectivity index (χ0v) is 21.5. The van der Waals surface area contributed by atoms with E-state index in [0.29, 0.717) is 44.1 Å². The van der Waals surface area contributed by atoms with Crippen molar-refractivity contribution in [3.63, 3.8) is 0 Å². The van der Waals surface area contributed by atoms with E-state index in [1.54, 1.807) is 11.0 Å². The van der Waals surface area contributed by atoms with Crippen LogP contribution in [0.15, 0.2) is 30.6 Å². The van der Waals surface area contributed by atoms with Crippen molar-refractivity contribution in [3.05, 3.63) is 53.2 Å². The Morgan fingerprint density at radius 1 is 1.24 bits per heavy atom. The molecule has 4 rings (SSSR count). The van der Waals surface area contributed by atoms with E-state index < -0.39 is 5.60 Å². The van der Waals surface area contributed by atoms with Crippen LogP contribution in [0.4, 0.5) is 20.8 Å². The molecule has 0 aliphatic carbocycles. The molecule has 1 aromatic carbocycles. The van der Waals surface area contributed by atoms with Crippen LogP contribution in [0.25, 0.3) is 10.9 Å². The maximum atomic E-state index is 14.0. The highest BCUT2D eigenvalue weighted by atomic mass is 19.1. The fourth-order valence-corrected chi connectivity index (χ4v) is 4.23. The summed E-state index contributed by atoms with van der Waals surface area (Å²) in [6.07, 6.45) is 0.986. The van der Waals surface area contributed by atoms with Crippen LogP contribution in [0, 0.1) is 17.1 Å². The number of nitrogens with zero attached hydrogens (tertiary/aromatic N) is 6. The number of anilines is 2. The quantitative estimate of drug-likeness (QED) is 0.529. The zero-order chi connectivity index (χ0) is 26.7. The third kappa shape index (κ3) is 6.21. The molecule has 1 atom stereocenters. The van der Waals surface area contributed by atoms with Gasteiger partial charge in [0.1, 0.15) is 41.0 Å². The molecular weight excluding hydrogens is 475 g/mol. The van der Waals surface area contributed by atoms with Crippen molar-refractivity contribution in [3.8, 4) is 6.07 Å². The van der Waals surface area contributed by atoms with E-state index in [0.717, 1.165) is 16.6 Å².